The first-order chi connectivity index (χ1) is 9.43. The second-order valence-electron chi connectivity index (χ2n) is 4.47. The van der Waals surface area contributed by atoms with Crippen LogP contribution in [0.2, 0.25) is 10.0 Å². The Morgan fingerprint density at radius 3 is 2.50 bits per heavy atom. The van der Waals surface area contributed by atoms with E-state index in [0.29, 0.717) is 33.4 Å². The van der Waals surface area contributed by atoms with E-state index in [1.54, 1.807) is 25.4 Å². The Kier molecular flexibility index (Phi) is 7.05. The minimum absolute atomic E-state index is 0.398. The van der Waals surface area contributed by atoms with E-state index in [0.717, 1.165) is 5.56 Å². The molecule has 0 amide bonds. The number of ether oxygens (including phenoxy) is 1. The molecule has 0 heterocycles. The van der Waals surface area contributed by atoms with E-state index in [1.807, 2.05) is 0 Å². The highest BCUT2D eigenvalue weighted by Gasteiger charge is 2.10. The summed E-state index contributed by atoms with van der Waals surface area (Å²) >= 11 is 17.2. The third-order valence-electron chi connectivity index (χ3n) is 2.19. The molecular formula is C13H17Cl2N3OS. The molecule has 7 heteroatoms. The Balaban J connectivity index is 2.79. The lowest BCUT2D eigenvalue weighted by atomic mass is 10.2. The maximum Gasteiger partial charge on any atom is 0.186 e. The normalized spacial score (nSPS) is 10.9. The molecule has 0 aromatic heterocycles. The fourth-order valence-electron chi connectivity index (χ4n) is 1.26. The second kappa shape index (κ2) is 8.29. The van der Waals surface area contributed by atoms with Gasteiger partial charge in [0.1, 0.15) is 0 Å². The Morgan fingerprint density at radius 1 is 1.40 bits per heavy atom. The zero-order chi connectivity index (χ0) is 15.1. The van der Waals surface area contributed by atoms with E-state index in [4.69, 9.17) is 40.2 Å². The quantitative estimate of drug-likeness (QED) is 0.492. The Bertz CT molecular complexity index is 483. The van der Waals surface area contributed by atoms with Crippen LogP contribution in [0.4, 0.5) is 0 Å². The Hall–Kier alpha value is -1.04. The molecule has 0 spiro atoms. The van der Waals surface area contributed by atoms with Gasteiger partial charge in [0, 0.05) is 7.05 Å². The van der Waals surface area contributed by atoms with Crippen LogP contribution >= 0.6 is 35.4 Å². The van der Waals surface area contributed by atoms with E-state index in [-0.39, 0.29) is 0 Å². The highest BCUT2D eigenvalue weighted by molar-refractivity contribution is 7.80. The molecule has 0 aliphatic carbocycles. The van der Waals surface area contributed by atoms with Gasteiger partial charge in [-0.1, -0.05) is 37.0 Å². The molecule has 0 aliphatic rings. The molecule has 0 saturated heterocycles. The van der Waals surface area contributed by atoms with Crippen molar-refractivity contribution in [1.29, 1.82) is 0 Å². The second-order valence-corrected chi connectivity index (χ2v) is 5.69. The van der Waals surface area contributed by atoms with Crippen LogP contribution < -0.4 is 15.5 Å². The standard InChI is InChI=1S/C13H17Cl2N3OS/c1-8(2)7-19-12-10(14)4-9(5-11(12)15)6-17-18-13(20)16-3/h4-6,8H,7H2,1-3H3,(H2,16,18,20)/b17-6+. The molecule has 1 aromatic carbocycles. The average molecular weight is 334 g/mol. The highest BCUT2D eigenvalue weighted by atomic mass is 35.5. The summed E-state index contributed by atoms with van der Waals surface area (Å²) in [7, 11) is 1.71. The van der Waals surface area contributed by atoms with Gasteiger partial charge in [-0.15, -0.1) is 0 Å². The molecule has 4 nitrogen and oxygen atoms in total. The summed E-state index contributed by atoms with van der Waals surface area (Å²) in [5.41, 5.74) is 3.40. The van der Waals surface area contributed by atoms with E-state index in [2.05, 4.69) is 29.7 Å². The van der Waals surface area contributed by atoms with Crippen LogP contribution in [0.25, 0.3) is 0 Å². The number of hydrogen-bond donors (Lipinski definition) is 2. The van der Waals surface area contributed by atoms with Crippen LogP contribution in [-0.4, -0.2) is 25.0 Å². The van der Waals surface area contributed by atoms with Gasteiger partial charge in [-0.25, -0.2) is 0 Å². The van der Waals surface area contributed by atoms with Gasteiger partial charge in [0.05, 0.1) is 22.9 Å². The summed E-state index contributed by atoms with van der Waals surface area (Å²) in [4.78, 5) is 0. The fourth-order valence-corrected chi connectivity index (χ4v) is 1.93. The Morgan fingerprint density at radius 2 is 2.00 bits per heavy atom. The largest absolute Gasteiger partial charge is 0.490 e. The zero-order valence-electron chi connectivity index (χ0n) is 11.5. The SMILES string of the molecule is CNC(=S)N/N=C/c1cc(Cl)c(OCC(C)C)c(Cl)c1. The molecule has 1 rings (SSSR count). The number of thiocarbonyl (C=S) groups is 1. The Labute approximate surface area is 134 Å². The van der Waals surface area contributed by atoms with Crippen LogP contribution in [0.1, 0.15) is 19.4 Å². The lowest BCUT2D eigenvalue weighted by Gasteiger charge is -2.12. The summed E-state index contributed by atoms with van der Waals surface area (Å²) in [5, 5.41) is 8.04. The molecule has 0 saturated carbocycles. The molecule has 110 valence electrons. The van der Waals surface area contributed by atoms with Gasteiger partial charge in [-0.2, -0.15) is 5.10 Å². The van der Waals surface area contributed by atoms with Crippen molar-refractivity contribution >= 4 is 46.7 Å². The molecule has 0 radical (unpaired) electrons. The molecule has 0 unspecified atom stereocenters. The van der Waals surface area contributed by atoms with E-state index in [1.165, 1.54) is 0 Å². The summed E-state index contributed by atoms with van der Waals surface area (Å²) in [6, 6.07) is 3.47. The van der Waals surface area contributed by atoms with Gasteiger partial charge < -0.3 is 10.1 Å². The van der Waals surface area contributed by atoms with Crippen LogP contribution in [-0.2, 0) is 0 Å². The molecular weight excluding hydrogens is 317 g/mol. The highest BCUT2D eigenvalue weighted by Crippen LogP contribution is 2.34. The first-order valence-corrected chi connectivity index (χ1v) is 7.23. The van der Waals surface area contributed by atoms with E-state index in [9.17, 15) is 0 Å². The number of hydrogen-bond acceptors (Lipinski definition) is 3. The van der Waals surface area contributed by atoms with Gasteiger partial charge in [0.15, 0.2) is 10.9 Å². The summed E-state index contributed by atoms with van der Waals surface area (Å²) in [6.07, 6.45) is 1.58. The van der Waals surface area contributed by atoms with Crippen LogP contribution in [0.15, 0.2) is 17.2 Å². The smallest absolute Gasteiger partial charge is 0.186 e. The molecule has 2 N–H and O–H groups in total. The molecule has 0 atom stereocenters. The van der Waals surface area contributed by atoms with Gasteiger partial charge in [-0.05, 0) is 35.8 Å². The summed E-state index contributed by atoms with van der Waals surface area (Å²) in [5.74, 6) is 0.896. The van der Waals surface area contributed by atoms with Crippen molar-refractivity contribution < 1.29 is 4.74 Å². The predicted octanol–water partition coefficient (Wildman–Crippen LogP) is 3.46. The van der Waals surface area contributed by atoms with Crippen LogP contribution in [0.3, 0.4) is 0 Å². The average Bonchev–Trinajstić information content (AvgIpc) is 2.37. The van der Waals surface area contributed by atoms with E-state index >= 15 is 0 Å². The molecule has 20 heavy (non-hydrogen) atoms. The van der Waals surface area contributed by atoms with Crippen molar-refractivity contribution in [1.82, 2.24) is 10.7 Å². The van der Waals surface area contributed by atoms with Gasteiger partial charge in [0.25, 0.3) is 0 Å². The molecule has 0 fully saturated rings. The third kappa shape index (κ3) is 5.53. The van der Waals surface area contributed by atoms with Crippen molar-refractivity contribution in [2.75, 3.05) is 13.7 Å². The fraction of sp³-hybridized carbons (Fsp3) is 0.385. The topological polar surface area (TPSA) is 45.7 Å². The van der Waals surface area contributed by atoms with Crippen LogP contribution in [0.5, 0.6) is 5.75 Å². The van der Waals surface area contributed by atoms with Crippen molar-refractivity contribution in [2.24, 2.45) is 11.0 Å². The van der Waals surface area contributed by atoms with E-state index < -0.39 is 0 Å². The van der Waals surface area contributed by atoms with Gasteiger partial charge >= 0.3 is 0 Å². The predicted molar refractivity (Wildman–Crippen MR) is 89.2 cm³/mol. The number of benzene rings is 1. The van der Waals surface area contributed by atoms with Crippen molar-refractivity contribution in [3.63, 3.8) is 0 Å². The number of rotatable bonds is 5. The molecule has 0 aliphatic heterocycles. The minimum atomic E-state index is 0.398. The van der Waals surface area contributed by atoms with Gasteiger partial charge in [-0.3, -0.25) is 5.43 Å². The van der Waals surface area contributed by atoms with Crippen LogP contribution in [0, 0.1) is 5.92 Å². The maximum atomic E-state index is 6.16. The number of nitrogens with one attached hydrogen (secondary N) is 2. The summed E-state index contributed by atoms with van der Waals surface area (Å²) < 4.78 is 5.59. The number of hydrazone groups is 1. The number of halogens is 2. The summed E-state index contributed by atoms with van der Waals surface area (Å²) in [6.45, 7) is 4.67. The first-order valence-electron chi connectivity index (χ1n) is 6.06. The monoisotopic (exact) mass is 333 g/mol. The minimum Gasteiger partial charge on any atom is -0.490 e. The zero-order valence-corrected chi connectivity index (χ0v) is 13.9. The van der Waals surface area contributed by atoms with Crippen molar-refractivity contribution in [3.8, 4) is 5.75 Å². The lowest BCUT2D eigenvalue weighted by molar-refractivity contribution is 0.271. The van der Waals surface area contributed by atoms with Crippen molar-refractivity contribution in [2.45, 2.75) is 13.8 Å². The van der Waals surface area contributed by atoms with Crippen molar-refractivity contribution in [3.05, 3.63) is 27.7 Å². The van der Waals surface area contributed by atoms with Gasteiger partial charge in [0.2, 0.25) is 0 Å². The lowest BCUT2D eigenvalue weighted by Crippen LogP contribution is -2.28. The first kappa shape index (κ1) is 17.0. The molecule has 1 aromatic rings. The molecule has 0 bridgehead atoms. The number of nitrogens with zero attached hydrogens (tertiary/aromatic N) is 1. The third-order valence-corrected chi connectivity index (χ3v) is 3.05. The maximum absolute atomic E-state index is 6.16.